The van der Waals surface area contributed by atoms with Gasteiger partial charge < -0.3 is 10.4 Å². The van der Waals surface area contributed by atoms with E-state index in [0.717, 1.165) is 25.7 Å². The lowest BCUT2D eigenvalue weighted by molar-refractivity contribution is 0.155. The molecule has 2 unspecified atom stereocenters. The van der Waals surface area contributed by atoms with E-state index in [2.05, 4.69) is 23.5 Å². The molecule has 2 aliphatic rings. The van der Waals surface area contributed by atoms with Gasteiger partial charge in [-0.05, 0) is 36.3 Å². The largest absolute Gasteiger partial charge is 0.465 e. The smallest absolute Gasteiger partial charge is 0.405 e. The quantitative estimate of drug-likeness (QED) is 0.797. The fourth-order valence-electron chi connectivity index (χ4n) is 3.87. The van der Waals surface area contributed by atoms with E-state index in [9.17, 15) is 9.90 Å². The summed E-state index contributed by atoms with van der Waals surface area (Å²) in [6, 6.07) is 8.34. The van der Waals surface area contributed by atoms with Gasteiger partial charge in [0.15, 0.2) is 0 Å². The van der Waals surface area contributed by atoms with Crippen molar-refractivity contribution in [2.75, 3.05) is 0 Å². The average Bonchev–Trinajstić information content (AvgIpc) is 2.50. The lowest BCUT2D eigenvalue weighted by Gasteiger charge is -2.35. The maximum atomic E-state index is 11.2. The first kappa shape index (κ1) is 11.6. The van der Waals surface area contributed by atoms with Crippen molar-refractivity contribution in [2.45, 2.75) is 44.1 Å². The second-order valence-corrected chi connectivity index (χ2v) is 5.56. The molecule has 2 atom stereocenters. The molecule has 0 saturated heterocycles. The Morgan fingerprint density at radius 2 is 2.11 bits per heavy atom. The van der Waals surface area contributed by atoms with Crippen LogP contribution in [-0.2, 0) is 12.0 Å². The number of benzene rings is 1. The molecule has 1 saturated carbocycles. The second-order valence-electron chi connectivity index (χ2n) is 5.56. The molecule has 0 spiro atoms. The van der Waals surface area contributed by atoms with Gasteiger partial charge in [-0.1, -0.05) is 43.5 Å². The van der Waals surface area contributed by atoms with Crippen molar-refractivity contribution in [1.29, 1.82) is 0 Å². The van der Waals surface area contributed by atoms with Crippen molar-refractivity contribution in [2.24, 2.45) is 5.92 Å². The third kappa shape index (κ3) is 1.69. The molecule has 2 N–H and O–H groups in total. The molecule has 3 rings (SSSR count). The van der Waals surface area contributed by atoms with E-state index in [-0.39, 0.29) is 5.54 Å². The highest BCUT2D eigenvalue weighted by atomic mass is 16.4. The lowest BCUT2D eigenvalue weighted by atomic mass is 9.80. The summed E-state index contributed by atoms with van der Waals surface area (Å²) in [5.41, 5.74) is 2.23. The minimum atomic E-state index is -0.890. The number of hydrogen-bond donors (Lipinski definition) is 2. The molecule has 0 aromatic heterocycles. The zero-order chi connectivity index (χ0) is 12.6. The maximum absolute atomic E-state index is 11.2. The monoisotopic (exact) mass is 245 g/mol. The van der Waals surface area contributed by atoms with Gasteiger partial charge in [0.1, 0.15) is 0 Å². The van der Waals surface area contributed by atoms with Crippen LogP contribution >= 0.6 is 0 Å². The fourth-order valence-corrected chi connectivity index (χ4v) is 3.87. The number of nitrogens with one attached hydrogen (secondary N) is 1. The summed E-state index contributed by atoms with van der Waals surface area (Å²) in [5.74, 6) is 0.438. The topological polar surface area (TPSA) is 49.3 Å². The highest BCUT2D eigenvalue weighted by Gasteiger charge is 2.47. The minimum absolute atomic E-state index is 0.321. The van der Waals surface area contributed by atoms with Gasteiger partial charge in [-0.3, -0.25) is 0 Å². The Bertz CT molecular complexity index is 471. The summed E-state index contributed by atoms with van der Waals surface area (Å²) in [7, 11) is 0. The minimum Gasteiger partial charge on any atom is -0.465 e. The Balaban J connectivity index is 2.07. The first-order valence-electron chi connectivity index (χ1n) is 6.82. The Labute approximate surface area is 107 Å². The van der Waals surface area contributed by atoms with Crippen LogP contribution in [0.3, 0.4) is 0 Å². The van der Waals surface area contributed by atoms with E-state index in [1.165, 1.54) is 24.0 Å². The van der Waals surface area contributed by atoms with E-state index >= 15 is 0 Å². The Kier molecular flexibility index (Phi) is 2.77. The van der Waals surface area contributed by atoms with Gasteiger partial charge in [0, 0.05) is 0 Å². The molecule has 1 fully saturated rings. The van der Waals surface area contributed by atoms with Crippen LogP contribution in [0.2, 0.25) is 0 Å². The van der Waals surface area contributed by atoms with Crippen molar-refractivity contribution in [3.05, 3.63) is 35.4 Å². The Hall–Kier alpha value is -1.51. The van der Waals surface area contributed by atoms with Crippen LogP contribution < -0.4 is 5.32 Å². The van der Waals surface area contributed by atoms with Gasteiger partial charge in [0.05, 0.1) is 5.54 Å². The van der Waals surface area contributed by atoms with Gasteiger partial charge in [-0.25, -0.2) is 4.79 Å². The zero-order valence-electron chi connectivity index (χ0n) is 10.5. The predicted octanol–water partition coefficient (Wildman–Crippen LogP) is 3.29. The van der Waals surface area contributed by atoms with Crippen molar-refractivity contribution >= 4 is 6.09 Å². The van der Waals surface area contributed by atoms with E-state index < -0.39 is 6.09 Å². The zero-order valence-corrected chi connectivity index (χ0v) is 10.5. The third-order valence-corrected chi connectivity index (χ3v) is 4.61. The van der Waals surface area contributed by atoms with Crippen LogP contribution in [0.1, 0.15) is 43.2 Å². The van der Waals surface area contributed by atoms with E-state index in [1.54, 1.807) is 0 Å². The fraction of sp³-hybridized carbons (Fsp3) is 0.533. The van der Waals surface area contributed by atoms with Gasteiger partial charge in [0.2, 0.25) is 0 Å². The van der Waals surface area contributed by atoms with E-state index in [0.29, 0.717) is 5.92 Å². The summed E-state index contributed by atoms with van der Waals surface area (Å²) >= 11 is 0. The first-order valence-corrected chi connectivity index (χ1v) is 6.82. The maximum Gasteiger partial charge on any atom is 0.405 e. The number of carboxylic acid groups (broad SMARTS) is 1. The molecule has 2 aliphatic carbocycles. The molecule has 3 nitrogen and oxygen atoms in total. The molecule has 0 bridgehead atoms. The van der Waals surface area contributed by atoms with Gasteiger partial charge in [-0.15, -0.1) is 0 Å². The van der Waals surface area contributed by atoms with Crippen molar-refractivity contribution in [3.8, 4) is 0 Å². The molecule has 18 heavy (non-hydrogen) atoms. The second kappa shape index (κ2) is 4.30. The normalized spacial score (nSPS) is 30.1. The van der Waals surface area contributed by atoms with Gasteiger partial charge >= 0.3 is 6.09 Å². The molecule has 0 radical (unpaired) electrons. The highest BCUT2D eigenvalue weighted by molar-refractivity contribution is 5.67. The highest BCUT2D eigenvalue weighted by Crippen LogP contribution is 2.48. The third-order valence-electron chi connectivity index (χ3n) is 4.61. The molecular formula is C15H19NO2. The van der Waals surface area contributed by atoms with Crippen molar-refractivity contribution in [1.82, 2.24) is 5.32 Å². The SMILES string of the molecule is O=C(O)NC12CCCCCC1Cc1ccccc12. The number of rotatable bonds is 1. The molecular weight excluding hydrogens is 226 g/mol. The van der Waals surface area contributed by atoms with Crippen molar-refractivity contribution in [3.63, 3.8) is 0 Å². The van der Waals surface area contributed by atoms with E-state index in [1.807, 2.05) is 6.07 Å². The van der Waals surface area contributed by atoms with Crippen LogP contribution in [-0.4, -0.2) is 11.2 Å². The summed E-state index contributed by atoms with van der Waals surface area (Å²) in [5, 5.41) is 12.1. The van der Waals surface area contributed by atoms with Crippen LogP contribution in [0, 0.1) is 5.92 Å². The molecule has 0 aliphatic heterocycles. The Morgan fingerprint density at radius 3 is 2.94 bits per heavy atom. The number of amides is 1. The van der Waals surface area contributed by atoms with Gasteiger partial charge in [0.25, 0.3) is 0 Å². The summed E-state index contributed by atoms with van der Waals surface area (Å²) < 4.78 is 0. The summed E-state index contributed by atoms with van der Waals surface area (Å²) in [4.78, 5) is 11.2. The van der Waals surface area contributed by atoms with Crippen molar-refractivity contribution < 1.29 is 9.90 Å². The first-order chi connectivity index (χ1) is 8.72. The van der Waals surface area contributed by atoms with Crippen LogP contribution in [0.5, 0.6) is 0 Å². The van der Waals surface area contributed by atoms with Crippen LogP contribution in [0.25, 0.3) is 0 Å². The van der Waals surface area contributed by atoms with Crippen LogP contribution in [0.15, 0.2) is 24.3 Å². The number of hydrogen-bond acceptors (Lipinski definition) is 1. The summed E-state index contributed by atoms with van der Waals surface area (Å²) in [6.45, 7) is 0. The van der Waals surface area contributed by atoms with E-state index in [4.69, 9.17) is 0 Å². The number of carbonyl (C=O) groups is 1. The molecule has 0 heterocycles. The Morgan fingerprint density at radius 1 is 1.28 bits per heavy atom. The molecule has 1 aromatic rings. The lowest BCUT2D eigenvalue weighted by Crippen LogP contribution is -2.48. The van der Waals surface area contributed by atoms with Crippen LogP contribution in [0.4, 0.5) is 4.79 Å². The van der Waals surface area contributed by atoms with Gasteiger partial charge in [-0.2, -0.15) is 0 Å². The molecule has 3 heteroatoms. The number of fused-ring (bicyclic) bond motifs is 3. The molecule has 1 aromatic carbocycles. The predicted molar refractivity (Wildman–Crippen MR) is 69.6 cm³/mol. The standard InChI is InChI=1S/C15H19NO2/c17-14(18)16-15-9-5-1-2-7-12(15)10-11-6-3-4-8-13(11)15/h3-4,6,8,12,16H,1-2,5,7,9-10H2,(H,17,18). The molecule has 1 amide bonds. The average molecular weight is 245 g/mol. The molecule has 96 valence electrons. The summed E-state index contributed by atoms with van der Waals surface area (Å²) in [6.07, 6.45) is 5.78.